The van der Waals surface area contributed by atoms with Gasteiger partial charge in [0.25, 0.3) is 0 Å². The van der Waals surface area contributed by atoms with Gasteiger partial charge in [-0.25, -0.2) is 4.98 Å². The summed E-state index contributed by atoms with van der Waals surface area (Å²) in [7, 11) is 0. The smallest absolute Gasteiger partial charge is 0.226 e. The molecule has 0 radical (unpaired) electrons. The summed E-state index contributed by atoms with van der Waals surface area (Å²) in [6.07, 6.45) is 2.77. The fourth-order valence-electron chi connectivity index (χ4n) is 2.83. The van der Waals surface area contributed by atoms with Crippen LogP contribution in [0, 0.1) is 0 Å². The average molecular weight is 344 g/mol. The molecule has 0 aliphatic rings. The van der Waals surface area contributed by atoms with Crippen LogP contribution in [0.4, 0.5) is 0 Å². The van der Waals surface area contributed by atoms with E-state index in [1.165, 1.54) is 0 Å². The lowest BCUT2D eigenvalue weighted by Crippen LogP contribution is -2.06. The first-order chi connectivity index (χ1) is 12.9. The number of benzene rings is 2. The Morgan fingerprint density at radius 2 is 1.42 bits per heavy atom. The highest BCUT2D eigenvalue weighted by molar-refractivity contribution is 5.69. The quantitative estimate of drug-likeness (QED) is 0.450. The molecular formula is C22H20N2O2. The third-order valence-electron chi connectivity index (χ3n) is 4.07. The number of aromatic nitrogens is 2. The van der Waals surface area contributed by atoms with E-state index in [9.17, 15) is 0 Å². The van der Waals surface area contributed by atoms with E-state index in [-0.39, 0.29) is 0 Å². The first-order valence-corrected chi connectivity index (χ1v) is 8.75. The highest BCUT2D eigenvalue weighted by Gasteiger charge is 2.14. The number of nitrogens with zero attached hydrogens (tertiary/aromatic N) is 2. The van der Waals surface area contributed by atoms with Crippen molar-refractivity contribution in [2.75, 3.05) is 13.2 Å². The van der Waals surface area contributed by atoms with Crippen LogP contribution in [0.1, 0.15) is 6.42 Å². The minimum absolute atomic E-state index is 0.565. The van der Waals surface area contributed by atoms with E-state index < -0.39 is 0 Å². The molecule has 0 aliphatic heterocycles. The van der Waals surface area contributed by atoms with Gasteiger partial charge in [-0.05, 0) is 24.3 Å². The summed E-state index contributed by atoms with van der Waals surface area (Å²) in [6.45, 7) is 1.18. The molecule has 26 heavy (non-hydrogen) atoms. The Morgan fingerprint density at radius 1 is 0.731 bits per heavy atom. The monoisotopic (exact) mass is 344 g/mol. The molecule has 0 bridgehead atoms. The van der Waals surface area contributed by atoms with Gasteiger partial charge < -0.3 is 9.47 Å². The fraction of sp³-hybridized carbons (Fsp3) is 0.136. The summed E-state index contributed by atoms with van der Waals surface area (Å²) in [4.78, 5) is 4.74. The van der Waals surface area contributed by atoms with Crippen LogP contribution >= 0.6 is 0 Å². The Bertz CT molecular complexity index is 965. The van der Waals surface area contributed by atoms with Crippen molar-refractivity contribution in [3.63, 3.8) is 0 Å². The second kappa shape index (κ2) is 7.74. The molecule has 0 saturated carbocycles. The SMILES string of the molecule is c1ccc(OCCCOc2c(-c3ccccc3)nc3ccccn23)cc1. The lowest BCUT2D eigenvalue weighted by atomic mass is 10.2. The number of para-hydroxylation sites is 1. The largest absolute Gasteiger partial charge is 0.493 e. The van der Waals surface area contributed by atoms with Crippen molar-refractivity contribution in [2.45, 2.75) is 6.42 Å². The van der Waals surface area contributed by atoms with Gasteiger partial charge >= 0.3 is 0 Å². The molecule has 0 spiro atoms. The van der Waals surface area contributed by atoms with E-state index >= 15 is 0 Å². The predicted molar refractivity (Wildman–Crippen MR) is 103 cm³/mol. The highest BCUT2D eigenvalue weighted by atomic mass is 16.5. The van der Waals surface area contributed by atoms with Crippen LogP contribution < -0.4 is 9.47 Å². The molecule has 4 aromatic rings. The minimum atomic E-state index is 0.565. The van der Waals surface area contributed by atoms with Crippen molar-refractivity contribution in [1.82, 2.24) is 9.38 Å². The van der Waals surface area contributed by atoms with Gasteiger partial charge in [-0.1, -0.05) is 54.6 Å². The molecule has 2 heterocycles. The zero-order chi connectivity index (χ0) is 17.6. The topological polar surface area (TPSA) is 35.8 Å². The maximum absolute atomic E-state index is 6.10. The summed E-state index contributed by atoms with van der Waals surface area (Å²) in [6, 6.07) is 25.9. The van der Waals surface area contributed by atoms with Crippen LogP contribution in [-0.2, 0) is 0 Å². The van der Waals surface area contributed by atoms with Crippen molar-refractivity contribution < 1.29 is 9.47 Å². The molecule has 0 fully saturated rings. The summed E-state index contributed by atoms with van der Waals surface area (Å²) in [5, 5.41) is 0. The molecule has 130 valence electrons. The van der Waals surface area contributed by atoms with Gasteiger partial charge in [-0.2, -0.15) is 0 Å². The van der Waals surface area contributed by atoms with Gasteiger partial charge in [0.2, 0.25) is 5.88 Å². The molecule has 0 amide bonds. The van der Waals surface area contributed by atoms with Crippen LogP contribution in [0.15, 0.2) is 85.1 Å². The Balaban J connectivity index is 1.47. The van der Waals surface area contributed by atoms with Gasteiger partial charge in [-0.3, -0.25) is 4.40 Å². The van der Waals surface area contributed by atoms with Gasteiger partial charge in [-0.15, -0.1) is 0 Å². The van der Waals surface area contributed by atoms with Gasteiger partial charge in [0, 0.05) is 18.2 Å². The highest BCUT2D eigenvalue weighted by Crippen LogP contribution is 2.30. The normalized spacial score (nSPS) is 10.8. The van der Waals surface area contributed by atoms with Crippen LogP contribution in [0.3, 0.4) is 0 Å². The molecule has 0 N–H and O–H groups in total. The molecule has 4 heteroatoms. The zero-order valence-corrected chi connectivity index (χ0v) is 14.4. The number of imidazole rings is 1. The summed E-state index contributed by atoms with van der Waals surface area (Å²) in [5.41, 5.74) is 2.79. The fourth-order valence-corrected chi connectivity index (χ4v) is 2.83. The maximum atomic E-state index is 6.10. The molecule has 2 aromatic heterocycles. The lowest BCUT2D eigenvalue weighted by molar-refractivity contribution is 0.242. The number of hydrogen-bond donors (Lipinski definition) is 0. The maximum Gasteiger partial charge on any atom is 0.226 e. The van der Waals surface area contributed by atoms with Crippen molar-refractivity contribution in [3.05, 3.63) is 85.1 Å². The van der Waals surface area contributed by atoms with Gasteiger partial charge in [0.05, 0.1) is 13.2 Å². The Labute approximate surface area is 152 Å². The van der Waals surface area contributed by atoms with Crippen LogP contribution in [-0.4, -0.2) is 22.6 Å². The predicted octanol–water partition coefficient (Wildman–Crippen LogP) is 4.85. The standard InChI is InChI=1S/C22H20N2O2/c1-3-10-18(11-4-1)21-22(24-15-8-7-14-20(24)23-21)26-17-9-16-25-19-12-5-2-6-13-19/h1-8,10-15H,9,16-17H2. The van der Waals surface area contributed by atoms with Crippen LogP contribution in [0.2, 0.25) is 0 Å². The Kier molecular flexibility index (Phi) is 4.83. The molecule has 2 aromatic carbocycles. The van der Waals surface area contributed by atoms with Crippen molar-refractivity contribution in [2.24, 2.45) is 0 Å². The second-order valence-corrected chi connectivity index (χ2v) is 5.92. The number of rotatable bonds is 7. The van der Waals surface area contributed by atoms with E-state index in [1.54, 1.807) is 0 Å². The molecular weight excluding hydrogens is 324 g/mol. The minimum Gasteiger partial charge on any atom is -0.493 e. The Morgan fingerprint density at radius 3 is 2.23 bits per heavy atom. The lowest BCUT2D eigenvalue weighted by Gasteiger charge is -2.09. The Hall–Kier alpha value is -3.27. The van der Waals surface area contributed by atoms with Crippen LogP contribution in [0.25, 0.3) is 16.9 Å². The molecule has 0 atom stereocenters. The van der Waals surface area contributed by atoms with E-state index in [0.717, 1.165) is 35.0 Å². The first kappa shape index (κ1) is 16.2. The van der Waals surface area contributed by atoms with Crippen molar-refractivity contribution in [3.8, 4) is 22.9 Å². The van der Waals surface area contributed by atoms with E-state index in [2.05, 4.69) is 0 Å². The molecule has 4 rings (SSSR count). The summed E-state index contributed by atoms with van der Waals surface area (Å²) in [5.74, 6) is 1.65. The van der Waals surface area contributed by atoms with Crippen LogP contribution in [0.5, 0.6) is 11.6 Å². The summed E-state index contributed by atoms with van der Waals surface area (Å²) < 4.78 is 13.8. The third-order valence-corrected chi connectivity index (χ3v) is 4.07. The van der Waals surface area contributed by atoms with E-state index in [1.807, 2.05) is 89.5 Å². The first-order valence-electron chi connectivity index (χ1n) is 8.75. The van der Waals surface area contributed by atoms with E-state index in [0.29, 0.717) is 13.2 Å². The average Bonchev–Trinajstić information content (AvgIpc) is 3.08. The summed E-state index contributed by atoms with van der Waals surface area (Å²) >= 11 is 0. The number of hydrogen-bond acceptors (Lipinski definition) is 3. The third kappa shape index (κ3) is 3.54. The molecule has 0 aliphatic carbocycles. The number of fused-ring (bicyclic) bond motifs is 1. The molecule has 0 saturated heterocycles. The zero-order valence-electron chi connectivity index (χ0n) is 14.4. The van der Waals surface area contributed by atoms with Gasteiger partial charge in [0.1, 0.15) is 17.1 Å². The second-order valence-electron chi connectivity index (χ2n) is 5.92. The van der Waals surface area contributed by atoms with Gasteiger partial charge in [0.15, 0.2) is 0 Å². The number of ether oxygens (including phenoxy) is 2. The van der Waals surface area contributed by atoms with E-state index in [4.69, 9.17) is 14.5 Å². The van der Waals surface area contributed by atoms with Crippen molar-refractivity contribution >= 4 is 5.65 Å². The molecule has 0 unspecified atom stereocenters. The number of pyridine rings is 1. The molecule has 4 nitrogen and oxygen atoms in total. The van der Waals surface area contributed by atoms with Crippen molar-refractivity contribution in [1.29, 1.82) is 0 Å².